The van der Waals surface area contributed by atoms with Gasteiger partial charge in [-0.05, 0) is 19.1 Å². The Morgan fingerprint density at radius 2 is 2.25 bits per heavy atom. The highest BCUT2D eigenvalue weighted by Gasteiger charge is 2.23. The maximum atomic E-state index is 10.8. The van der Waals surface area contributed by atoms with Crippen LogP contribution in [0.1, 0.15) is 19.3 Å². The lowest BCUT2D eigenvalue weighted by atomic mass is 9.87. The van der Waals surface area contributed by atoms with E-state index in [0.717, 1.165) is 12.8 Å². The van der Waals surface area contributed by atoms with Crippen molar-refractivity contribution < 1.29 is 4.79 Å². The molecule has 8 heavy (non-hydrogen) atoms. The minimum Gasteiger partial charge on any atom is -0.287 e. The summed E-state index contributed by atoms with van der Waals surface area (Å²) in [5, 5.41) is 0.385. The Labute approximate surface area is 53.8 Å². The van der Waals surface area contributed by atoms with Crippen LogP contribution in [0.3, 0.4) is 0 Å². The Kier molecular flexibility index (Phi) is 1.95. The summed E-state index contributed by atoms with van der Waals surface area (Å²) in [5.41, 5.74) is 0. The first-order valence-corrected chi connectivity index (χ1v) is 4.15. The van der Waals surface area contributed by atoms with Crippen LogP contribution in [0.4, 0.5) is 0 Å². The van der Waals surface area contributed by atoms with Crippen molar-refractivity contribution in [3.63, 3.8) is 0 Å². The normalized spacial score (nSPS) is 20.1. The van der Waals surface area contributed by atoms with Crippen molar-refractivity contribution in [1.82, 2.24) is 0 Å². The van der Waals surface area contributed by atoms with Gasteiger partial charge in [0.2, 0.25) is 0 Å². The Morgan fingerprint density at radius 3 is 2.38 bits per heavy atom. The largest absolute Gasteiger partial charge is 0.287 e. The summed E-state index contributed by atoms with van der Waals surface area (Å²) >= 11 is 1.37. The summed E-state index contributed by atoms with van der Waals surface area (Å²) in [6.45, 7) is 0. The lowest BCUT2D eigenvalue weighted by Crippen LogP contribution is -2.18. The Morgan fingerprint density at radius 1 is 1.62 bits per heavy atom. The minimum absolute atomic E-state index is 0.385. The minimum atomic E-state index is 0.385. The third-order valence-electron chi connectivity index (χ3n) is 1.64. The van der Waals surface area contributed by atoms with Gasteiger partial charge in [0.25, 0.3) is 0 Å². The monoisotopic (exact) mass is 130 g/mol. The number of carbonyl (C=O) groups excluding carboxylic acids is 1. The summed E-state index contributed by atoms with van der Waals surface area (Å²) in [5.74, 6) is 0.421. The topological polar surface area (TPSA) is 17.1 Å². The van der Waals surface area contributed by atoms with E-state index in [0.29, 0.717) is 11.0 Å². The highest BCUT2D eigenvalue weighted by Crippen LogP contribution is 2.29. The molecule has 0 aliphatic heterocycles. The van der Waals surface area contributed by atoms with Gasteiger partial charge in [-0.15, -0.1) is 0 Å². The van der Waals surface area contributed by atoms with E-state index in [9.17, 15) is 4.79 Å². The van der Waals surface area contributed by atoms with Gasteiger partial charge in [0.15, 0.2) is 5.12 Å². The second-order valence-corrected chi connectivity index (χ2v) is 2.96. The molecule has 1 fully saturated rings. The molecule has 1 rings (SSSR count). The van der Waals surface area contributed by atoms with Crippen LogP contribution in [-0.2, 0) is 4.79 Å². The van der Waals surface area contributed by atoms with Crippen molar-refractivity contribution in [2.24, 2.45) is 5.92 Å². The number of hydrogen-bond acceptors (Lipinski definition) is 2. The molecule has 0 spiro atoms. The van der Waals surface area contributed by atoms with Crippen LogP contribution < -0.4 is 0 Å². The predicted molar refractivity (Wildman–Crippen MR) is 35.9 cm³/mol. The van der Waals surface area contributed by atoms with Gasteiger partial charge in [0.1, 0.15) is 0 Å². The zero-order valence-corrected chi connectivity index (χ0v) is 5.83. The smallest absolute Gasteiger partial charge is 0.191 e. The summed E-state index contributed by atoms with van der Waals surface area (Å²) in [7, 11) is 0. The van der Waals surface area contributed by atoms with E-state index in [1.54, 1.807) is 0 Å². The number of carbonyl (C=O) groups is 1. The number of rotatable bonds is 1. The maximum absolute atomic E-state index is 10.8. The molecule has 46 valence electrons. The summed E-state index contributed by atoms with van der Waals surface area (Å²) in [6.07, 6.45) is 5.40. The molecule has 0 heterocycles. The third-order valence-corrected chi connectivity index (χ3v) is 2.38. The molecule has 2 heteroatoms. The Hall–Kier alpha value is 0.0200. The van der Waals surface area contributed by atoms with Crippen molar-refractivity contribution in [2.75, 3.05) is 6.26 Å². The highest BCUT2D eigenvalue weighted by atomic mass is 32.2. The molecule has 1 aliphatic carbocycles. The first kappa shape index (κ1) is 6.14. The zero-order chi connectivity index (χ0) is 5.98. The molecule has 0 saturated heterocycles. The molecule has 0 radical (unpaired) electrons. The number of thioether (sulfide) groups is 1. The van der Waals surface area contributed by atoms with Crippen LogP contribution in [0, 0.1) is 5.92 Å². The van der Waals surface area contributed by atoms with E-state index in [-0.39, 0.29) is 0 Å². The van der Waals surface area contributed by atoms with E-state index in [1.807, 2.05) is 6.26 Å². The second kappa shape index (κ2) is 2.53. The van der Waals surface area contributed by atoms with Crippen molar-refractivity contribution in [3.05, 3.63) is 0 Å². The van der Waals surface area contributed by atoms with E-state index in [1.165, 1.54) is 18.2 Å². The van der Waals surface area contributed by atoms with Crippen molar-refractivity contribution in [1.29, 1.82) is 0 Å². The van der Waals surface area contributed by atoms with Crippen LogP contribution in [0.15, 0.2) is 0 Å². The van der Waals surface area contributed by atoms with Gasteiger partial charge >= 0.3 is 0 Å². The van der Waals surface area contributed by atoms with Crippen molar-refractivity contribution in [3.8, 4) is 0 Å². The fraction of sp³-hybridized carbons (Fsp3) is 0.833. The standard InChI is InChI=1S/C6H10OS/c1-8-6(7)5-3-2-4-5/h5H,2-4H2,1H3. The Bertz CT molecular complexity index is 96.7. The van der Waals surface area contributed by atoms with Crippen LogP contribution in [-0.4, -0.2) is 11.4 Å². The van der Waals surface area contributed by atoms with Gasteiger partial charge in [0, 0.05) is 5.92 Å². The average Bonchev–Trinajstić information content (AvgIpc) is 1.62. The first-order chi connectivity index (χ1) is 3.84. The van der Waals surface area contributed by atoms with Crippen LogP contribution >= 0.6 is 11.8 Å². The maximum Gasteiger partial charge on any atom is 0.191 e. The molecular weight excluding hydrogens is 120 g/mol. The first-order valence-electron chi connectivity index (χ1n) is 2.92. The fourth-order valence-electron chi connectivity index (χ4n) is 0.811. The van der Waals surface area contributed by atoms with Crippen molar-refractivity contribution in [2.45, 2.75) is 19.3 Å². The van der Waals surface area contributed by atoms with Crippen LogP contribution in [0.5, 0.6) is 0 Å². The molecule has 0 bridgehead atoms. The van der Waals surface area contributed by atoms with Gasteiger partial charge in [0.05, 0.1) is 0 Å². The quantitative estimate of drug-likeness (QED) is 0.537. The molecule has 0 aromatic rings. The molecule has 0 aromatic carbocycles. The molecule has 0 unspecified atom stereocenters. The molecular formula is C6H10OS. The number of hydrogen-bond donors (Lipinski definition) is 0. The SMILES string of the molecule is CSC(=O)C1CCC1. The van der Waals surface area contributed by atoms with Gasteiger partial charge in [-0.25, -0.2) is 0 Å². The lowest BCUT2D eigenvalue weighted by molar-refractivity contribution is -0.116. The summed E-state index contributed by atoms with van der Waals surface area (Å²) in [4.78, 5) is 10.8. The van der Waals surface area contributed by atoms with Gasteiger partial charge < -0.3 is 0 Å². The fourth-order valence-corrected chi connectivity index (χ4v) is 1.38. The summed E-state index contributed by atoms with van der Waals surface area (Å²) in [6, 6.07) is 0. The molecule has 1 nitrogen and oxygen atoms in total. The summed E-state index contributed by atoms with van der Waals surface area (Å²) < 4.78 is 0. The van der Waals surface area contributed by atoms with Gasteiger partial charge in [-0.2, -0.15) is 0 Å². The van der Waals surface area contributed by atoms with Crippen LogP contribution in [0.25, 0.3) is 0 Å². The average molecular weight is 130 g/mol. The van der Waals surface area contributed by atoms with E-state index in [2.05, 4.69) is 0 Å². The molecule has 0 N–H and O–H groups in total. The van der Waals surface area contributed by atoms with Gasteiger partial charge in [-0.3, -0.25) is 4.79 Å². The van der Waals surface area contributed by atoms with E-state index in [4.69, 9.17) is 0 Å². The second-order valence-electron chi connectivity index (χ2n) is 2.15. The molecule has 1 aliphatic rings. The van der Waals surface area contributed by atoms with E-state index >= 15 is 0 Å². The predicted octanol–water partition coefficient (Wildman–Crippen LogP) is 1.68. The van der Waals surface area contributed by atoms with Crippen molar-refractivity contribution >= 4 is 16.9 Å². The lowest BCUT2D eigenvalue weighted by Gasteiger charge is -2.22. The molecule has 1 saturated carbocycles. The van der Waals surface area contributed by atoms with Crippen LogP contribution in [0.2, 0.25) is 0 Å². The zero-order valence-electron chi connectivity index (χ0n) is 5.02. The highest BCUT2D eigenvalue weighted by molar-refractivity contribution is 8.13. The Balaban J connectivity index is 2.24. The molecule has 0 amide bonds. The molecule has 0 atom stereocenters. The molecule has 0 aromatic heterocycles. The third kappa shape index (κ3) is 1.05. The van der Waals surface area contributed by atoms with E-state index < -0.39 is 0 Å². The van der Waals surface area contributed by atoms with Gasteiger partial charge in [-0.1, -0.05) is 18.2 Å².